The summed E-state index contributed by atoms with van der Waals surface area (Å²) in [5.74, 6) is -1.90. The first-order chi connectivity index (χ1) is 11.8. The zero-order chi connectivity index (χ0) is 18.6. The molecule has 1 amide bonds. The molecule has 0 bridgehead atoms. The van der Waals surface area contributed by atoms with Crippen molar-refractivity contribution in [3.63, 3.8) is 0 Å². The molecule has 0 heterocycles. The van der Waals surface area contributed by atoms with Gasteiger partial charge < -0.3 is 10.8 Å². The second-order valence-electron chi connectivity index (χ2n) is 6.35. The van der Waals surface area contributed by atoms with Gasteiger partial charge in [-0.1, -0.05) is 13.0 Å². The molecule has 0 radical (unpaired) electrons. The van der Waals surface area contributed by atoms with Crippen molar-refractivity contribution in [2.24, 2.45) is 11.7 Å². The Hall–Kier alpha value is -1.93. The molecule has 25 heavy (non-hydrogen) atoms. The Morgan fingerprint density at radius 2 is 1.88 bits per heavy atom. The molecule has 2 rings (SSSR count). The van der Waals surface area contributed by atoms with Crippen LogP contribution in [0.3, 0.4) is 0 Å². The molecule has 7 nitrogen and oxygen atoms in total. The van der Waals surface area contributed by atoms with Gasteiger partial charge >= 0.3 is 5.97 Å². The van der Waals surface area contributed by atoms with Crippen molar-refractivity contribution in [3.05, 3.63) is 29.8 Å². The van der Waals surface area contributed by atoms with Crippen LogP contribution in [0.1, 0.15) is 49.4 Å². The van der Waals surface area contributed by atoms with E-state index < -0.39 is 27.8 Å². The molecule has 0 aliphatic heterocycles. The Morgan fingerprint density at radius 3 is 2.40 bits per heavy atom. The molecule has 0 atom stereocenters. The molecule has 8 heteroatoms. The minimum absolute atomic E-state index is 0.0395. The van der Waals surface area contributed by atoms with Crippen molar-refractivity contribution in [1.29, 1.82) is 0 Å². The minimum Gasteiger partial charge on any atom is -0.481 e. The van der Waals surface area contributed by atoms with Crippen molar-refractivity contribution < 1.29 is 23.1 Å². The van der Waals surface area contributed by atoms with Crippen LogP contribution < -0.4 is 5.73 Å². The number of nitrogens with zero attached hydrogens (tertiary/aromatic N) is 1. The first kappa shape index (κ1) is 19.4. The normalized spacial score (nSPS) is 21.2. The maximum absolute atomic E-state index is 13.1. The smallest absolute Gasteiger partial charge is 0.306 e. The molecule has 1 aromatic carbocycles. The van der Waals surface area contributed by atoms with Gasteiger partial charge in [0.2, 0.25) is 15.9 Å². The third-order valence-electron chi connectivity index (χ3n) is 4.62. The molecular formula is C17H24N2O5S. The highest BCUT2D eigenvalue weighted by molar-refractivity contribution is 7.89. The molecule has 1 saturated carbocycles. The van der Waals surface area contributed by atoms with E-state index in [2.05, 4.69) is 0 Å². The number of sulfonamides is 1. The first-order valence-corrected chi connectivity index (χ1v) is 9.86. The number of carboxylic acid groups (broad SMARTS) is 1. The minimum atomic E-state index is -3.78. The average molecular weight is 368 g/mol. The van der Waals surface area contributed by atoms with Gasteiger partial charge in [-0.05, 0) is 50.3 Å². The molecule has 0 aromatic heterocycles. The summed E-state index contributed by atoms with van der Waals surface area (Å²) in [6, 6.07) is 5.50. The van der Waals surface area contributed by atoms with Crippen molar-refractivity contribution in [2.75, 3.05) is 6.54 Å². The van der Waals surface area contributed by atoms with Crippen molar-refractivity contribution >= 4 is 21.9 Å². The van der Waals surface area contributed by atoms with E-state index in [0.717, 1.165) is 0 Å². The van der Waals surface area contributed by atoms with Gasteiger partial charge in [0, 0.05) is 18.2 Å². The van der Waals surface area contributed by atoms with E-state index in [1.165, 1.54) is 28.6 Å². The molecular weight excluding hydrogens is 344 g/mol. The molecule has 1 aliphatic carbocycles. The van der Waals surface area contributed by atoms with Crippen LogP contribution in [0.5, 0.6) is 0 Å². The second-order valence-corrected chi connectivity index (χ2v) is 8.24. The Balaban J connectivity index is 2.28. The molecule has 1 aromatic rings. The van der Waals surface area contributed by atoms with Gasteiger partial charge in [0.25, 0.3) is 0 Å². The maximum atomic E-state index is 13.1. The standard InChI is InChI=1S/C17H24N2O5S/c1-2-10-19(14-8-6-12(7-9-14)17(21)22)25(23,24)15-5-3-4-13(11-15)16(18)20/h3-5,11-12,14H,2,6-10H2,1H3,(H2,18,20)(H,21,22). The van der Waals surface area contributed by atoms with Crippen LogP contribution >= 0.6 is 0 Å². The fourth-order valence-corrected chi connectivity index (χ4v) is 5.10. The summed E-state index contributed by atoms with van der Waals surface area (Å²) in [5, 5.41) is 9.11. The number of rotatable bonds is 7. The average Bonchev–Trinajstić information content (AvgIpc) is 2.59. The second kappa shape index (κ2) is 7.97. The Bertz CT molecular complexity index is 739. The van der Waals surface area contributed by atoms with Gasteiger partial charge in [-0.2, -0.15) is 4.31 Å². The summed E-state index contributed by atoms with van der Waals surface area (Å²) in [5.41, 5.74) is 5.39. The Kier molecular flexibility index (Phi) is 6.18. The zero-order valence-corrected chi connectivity index (χ0v) is 15.0. The lowest BCUT2D eigenvalue weighted by Gasteiger charge is -2.35. The van der Waals surface area contributed by atoms with Crippen LogP contribution in [-0.4, -0.2) is 42.3 Å². The summed E-state index contributed by atoms with van der Waals surface area (Å²) in [6.07, 6.45) is 2.62. The van der Waals surface area contributed by atoms with Crippen LogP contribution in [0, 0.1) is 5.92 Å². The van der Waals surface area contributed by atoms with Gasteiger partial charge in [-0.3, -0.25) is 9.59 Å². The zero-order valence-electron chi connectivity index (χ0n) is 14.2. The van der Waals surface area contributed by atoms with Crippen molar-refractivity contribution in [3.8, 4) is 0 Å². The number of amides is 1. The molecule has 1 fully saturated rings. The fourth-order valence-electron chi connectivity index (χ4n) is 3.28. The topological polar surface area (TPSA) is 118 Å². The van der Waals surface area contributed by atoms with Gasteiger partial charge in [0.15, 0.2) is 0 Å². The van der Waals surface area contributed by atoms with E-state index >= 15 is 0 Å². The Morgan fingerprint density at radius 1 is 1.24 bits per heavy atom. The van der Waals surface area contributed by atoms with Gasteiger partial charge in [-0.15, -0.1) is 0 Å². The van der Waals surface area contributed by atoms with Crippen molar-refractivity contribution in [1.82, 2.24) is 4.31 Å². The highest BCUT2D eigenvalue weighted by Gasteiger charge is 2.35. The van der Waals surface area contributed by atoms with Crippen LogP contribution in [0.25, 0.3) is 0 Å². The molecule has 3 N–H and O–H groups in total. The summed E-state index contributed by atoms with van der Waals surface area (Å²) < 4.78 is 27.6. The summed E-state index contributed by atoms with van der Waals surface area (Å²) in [7, 11) is -3.78. The van der Waals surface area contributed by atoms with Crippen LogP contribution in [0.4, 0.5) is 0 Å². The largest absolute Gasteiger partial charge is 0.481 e. The number of carbonyl (C=O) groups excluding carboxylic acids is 1. The van der Waals surface area contributed by atoms with E-state index in [-0.39, 0.29) is 16.5 Å². The van der Waals surface area contributed by atoms with Gasteiger partial charge in [-0.25, -0.2) is 8.42 Å². The lowest BCUT2D eigenvalue weighted by molar-refractivity contribution is -0.143. The lowest BCUT2D eigenvalue weighted by Crippen LogP contribution is -2.43. The highest BCUT2D eigenvalue weighted by Crippen LogP contribution is 2.31. The van der Waals surface area contributed by atoms with E-state index in [1.54, 1.807) is 0 Å². The third kappa shape index (κ3) is 4.38. The molecule has 138 valence electrons. The fraction of sp³-hybridized carbons (Fsp3) is 0.529. The molecule has 0 spiro atoms. The SMILES string of the molecule is CCCN(C1CCC(C(=O)O)CC1)S(=O)(=O)c1cccc(C(N)=O)c1. The number of benzene rings is 1. The summed E-state index contributed by atoms with van der Waals surface area (Å²) >= 11 is 0. The van der Waals surface area contributed by atoms with E-state index in [0.29, 0.717) is 38.6 Å². The lowest BCUT2D eigenvalue weighted by atomic mass is 9.86. The number of aliphatic carboxylic acids is 1. The molecule has 0 saturated heterocycles. The quantitative estimate of drug-likeness (QED) is 0.761. The van der Waals surface area contributed by atoms with E-state index in [4.69, 9.17) is 10.8 Å². The predicted octanol–water partition coefficient (Wildman–Crippen LogP) is 1.83. The number of hydrogen-bond donors (Lipinski definition) is 2. The van der Waals surface area contributed by atoms with Crippen LogP contribution in [-0.2, 0) is 14.8 Å². The van der Waals surface area contributed by atoms with Gasteiger partial charge in [0.1, 0.15) is 0 Å². The monoisotopic (exact) mass is 368 g/mol. The highest BCUT2D eigenvalue weighted by atomic mass is 32.2. The Labute approximate surface area is 147 Å². The number of hydrogen-bond acceptors (Lipinski definition) is 4. The maximum Gasteiger partial charge on any atom is 0.306 e. The third-order valence-corrected chi connectivity index (χ3v) is 6.57. The molecule has 1 aliphatic rings. The summed E-state index contributed by atoms with van der Waals surface area (Å²) in [4.78, 5) is 22.5. The van der Waals surface area contributed by atoms with E-state index in [1.807, 2.05) is 6.92 Å². The van der Waals surface area contributed by atoms with E-state index in [9.17, 15) is 18.0 Å². The number of nitrogens with two attached hydrogens (primary N) is 1. The predicted molar refractivity (Wildman–Crippen MR) is 92.5 cm³/mol. The molecule has 0 unspecified atom stereocenters. The number of carboxylic acids is 1. The first-order valence-electron chi connectivity index (χ1n) is 8.42. The number of carbonyl (C=O) groups is 2. The summed E-state index contributed by atoms with van der Waals surface area (Å²) in [6.45, 7) is 2.25. The number of primary amides is 1. The van der Waals surface area contributed by atoms with Crippen molar-refractivity contribution in [2.45, 2.75) is 50.0 Å². The van der Waals surface area contributed by atoms with Crippen LogP contribution in [0.15, 0.2) is 29.2 Å². The van der Waals surface area contributed by atoms with Gasteiger partial charge in [0.05, 0.1) is 10.8 Å². The van der Waals surface area contributed by atoms with Crippen LogP contribution in [0.2, 0.25) is 0 Å².